The van der Waals surface area contributed by atoms with Gasteiger partial charge in [0.1, 0.15) is 11.5 Å². The van der Waals surface area contributed by atoms with Crippen LogP contribution in [0.5, 0.6) is 23.0 Å². The largest absolute Gasteiger partial charge is 0.496 e. The first-order chi connectivity index (χ1) is 12.2. The summed E-state index contributed by atoms with van der Waals surface area (Å²) in [6.45, 7) is 4.21. The van der Waals surface area contributed by atoms with Gasteiger partial charge < -0.3 is 24.3 Å². The predicted molar refractivity (Wildman–Crippen MR) is 99.1 cm³/mol. The van der Waals surface area contributed by atoms with Crippen LogP contribution in [-0.2, 0) is 13.0 Å². The summed E-state index contributed by atoms with van der Waals surface area (Å²) in [6.07, 6.45) is 0.902. The highest BCUT2D eigenvalue weighted by Crippen LogP contribution is 2.28. The zero-order valence-corrected chi connectivity index (χ0v) is 15.4. The van der Waals surface area contributed by atoms with E-state index in [0.717, 1.165) is 48.1 Å². The second-order valence-electron chi connectivity index (χ2n) is 5.52. The van der Waals surface area contributed by atoms with Crippen LogP contribution in [-0.4, -0.2) is 34.5 Å². The maximum absolute atomic E-state index is 5.51. The molecule has 0 unspecified atom stereocenters. The molecule has 0 bridgehead atoms. The maximum Gasteiger partial charge on any atom is 0.160 e. The lowest BCUT2D eigenvalue weighted by atomic mass is 10.1. The van der Waals surface area contributed by atoms with Crippen molar-refractivity contribution in [1.29, 1.82) is 0 Å². The van der Waals surface area contributed by atoms with E-state index in [4.69, 9.17) is 18.9 Å². The summed E-state index contributed by atoms with van der Waals surface area (Å²) >= 11 is 0. The third kappa shape index (κ3) is 5.29. The van der Waals surface area contributed by atoms with Crippen molar-refractivity contribution in [3.63, 3.8) is 0 Å². The minimum Gasteiger partial charge on any atom is -0.496 e. The molecular weight excluding hydrogens is 318 g/mol. The molecule has 2 rings (SSSR count). The second-order valence-corrected chi connectivity index (χ2v) is 5.52. The molecule has 0 saturated heterocycles. The molecule has 136 valence electrons. The van der Waals surface area contributed by atoms with E-state index in [1.807, 2.05) is 37.3 Å². The Labute approximate surface area is 149 Å². The molecule has 1 N–H and O–H groups in total. The third-order valence-corrected chi connectivity index (χ3v) is 3.92. The summed E-state index contributed by atoms with van der Waals surface area (Å²) in [5, 5.41) is 3.45. The summed E-state index contributed by atoms with van der Waals surface area (Å²) in [7, 11) is 4.97. The Bertz CT molecular complexity index is 673. The van der Waals surface area contributed by atoms with Crippen LogP contribution in [0, 0.1) is 0 Å². The fourth-order valence-corrected chi connectivity index (χ4v) is 2.62. The van der Waals surface area contributed by atoms with Gasteiger partial charge in [-0.25, -0.2) is 0 Å². The number of ether oxygens (including phenoxy) is 4. The van der Waals surface area contributed by atoms with Gasteiger partial charge in [0.15, 0.2) is 11.5 Å². The Balaban J connectivity index is 1.89. The Morgan fingerprint density at radius 3 is 2.28 bits per heavy atom. The Morgan fingerprint density at radius 2 is 1.60 bits per heavy atom. The molecule has 5 nitrogen and oxygen atoms in total. The molecule has 0 radical (unpaired) electrons. The highest BCUT2D eigenvalue weighted by molar-refractivity contribution is 5.43. The van der Waals surface area contributed by atoms with Crippen molar-refractivity contribution >= 4 is 0 Å². The van der Waals surface area contributed by atoms with Crippen LogP contribution < -0.4 is 24.3 Å². The number of methoxy groups -OCH3 is 3. The van der Waals surface area contributed by atoms with Gasteiger partial charge in [0.25, 0.3) is 0 Å². The van der Waals surface area contributed by atoms with E-state index in [9.17, 15) is 0 Å². The molecule has 5 heteroatoms. The molecule has 0 saturated carbocycles. The molecule has 2 aromatic rings. The van der Waals surface area contributed by atoms with Crippen LogP contribution in [0.15, 0.2) is 36.4 Å². The van der Waals surface area contributed by atoms with Gasteiger partial charge in [0.05, 0.1) is 27.9 Å². The molecule has 0 aliphatic rings. The highest BCUT2D eigenvalue weighted by Gasteiger charge is 2.06. The lowest BCUT2D eigenvalue weighted by Crippen LogP contribution is -2.17. The van der Waals surface area contributed by atoms with E-state index in [1.165, 1.54) is 5.56 Å². The molecule has 0 heterocycles. The minimum atomic E-state index is 0.645. The first kappa shape index (κ1) is 18.9. The average Bonchev–Trinajstić information content (AvgIpc) is 2.65. The molecule has 0 atom stereocenters. The third-order valence-electron chi connectivity index (χ3n) is 3.92. The number of hydrogen-bond acceptors (Lipinski definition) is 5. The van der Waals surface area contributed by atoms with Crippen LogP contribution in [0.1, 0.15) is 18.1 Å². The van der Waals surface area contributed by atoms with E-state index >= 15 is 0 Å². The summed E-state index contributed by atoms with van der Waals surface area (Å²) < 4.78 is 21.6. The smallest absolute Gasteiger partial charge is 0.160 e. The van der Waals surface area contributed by atoms with Gasteiger partial charge in [-0.1, -0.05) is 12.1 Å². The number of rotatable bonds is 10. The minimum absolute atomic E-state index is 0.645. The predicted octanol–water partition coefficient (Wildman–Crippen LogP) is 3.44. The molecule has 0 spiro atoms. The van der Waals surface area contributed by atoms with Gasteiger partial charge in [0.2, 0.25) is 0 Å². The fourth-order valence-electron chi connectivity index (χ4n) is 2.62. The van der Waals surface area contributed by atoms with Crippen molar-refractivity contribution in [2.24, 2.45) is 0 Å². The molecular formula is C20H27NO4. The molecule has 0 aromatic heterocycles. The first-order valence-electron chi connectivity index (χ1n) is 8.43. The van der Waals surface area contributed by atoms with Crippen LogP contribution in [0.3, 0.4) is 0 Å². The van der Waals surface area contributed by atoms with E-state index in [-0.39, 0.29) is 0 Å². The quantitative estimate of drug-likeness (QED) is 0.669. The molecule has 25 heavy (non-hydrogen) atoms. The van der Waals surface area contributed by atoms with Crippen LogP contribution in [0.4, 0.5) is 0 Å². The SMILES string of the molecule is CCOc1ccc(CNCCc2ccc(OC)c(OC)c2)c(OC)c1. The Morgan fingerprint density at radius 1 is 0.840 bits per heavy atom. The number of hydrogen-bond donors (Lipinski definition) is 1. The normalized spacial score (nSPS) is 10.4. The van der Waals surface area contributed by atoms with E-state index < -0.39 is 0 Å². The summed E-state index contributed by atoms with van der Waals surface area (Å²) in [6, 6.07) is 11.9. The topological polar surface area (TPSA) is 49.0 Å². The standard InChI is InChI=1S/C20H27NO4/c1-5-25-17-8-7-16(19(13-17)23-3)14-21-11-10-15-6-9-18(22-2)20(12-15)24-4/h6-9,12-13,21H,5,10-11,14H2,1-4H3. The molecule has 0 aliphatic heterocycles. The second kappa shape index (κ2) is 9.79. The lowest BCUT2D eigenvalue weighted by molar-refractivity contribution is 0.335. The van der Waals surface area contributed by atoms with Crippen molar-refractivity contribution in [3.8, 4) is 23.0 Å². The molecule has 0 aliphatic carbocycles. The average molecular weight is 345 g/mol. The van der Waals surface area contributed by atoms with Crippen LogP contribution in [0.25, 0.3) is 0 Å². The summed E-state index contributed by atoms with van der Waals surface area (Å²) in [4.78, 5) is 0. The van der Waals surface area contributed by atoms with Gasteiger partial charge in [-0.15, -0.1) is 0 Å². The van der Waals surface area contributed by atoms with Crippen LogP contribution >= 0.6 is 0 Å². The Hall–Kier alpha value is -2.40. The summed E-state index contributed by atoms with van der Waals surface area (Å²) in [5.74, 6) is 3.17. The van der Waals surface area contributed by atoms with Gasteiger partial charge in [-0.2, -0.15) is 0 Å². The zero-order chi connectivity index (χ0) is 18.1. The zero-order valence-electron chi connectivity index (χ0n) is 15.4. The summed E-state index contributed by atoms with van der Waals surface area (Å²) in [5.41, 5.74) is 2.31. The van der Waals surface area contributed by atoms with Crippen molar-refractivity contribution < 1.29 is 18.9 Å². The fraction of sp³-hybridized carbons (Fsp3) is 0.400. The van der Waals surface area contributed by atoms with Gasteiger partial charge in [-0.3, -0.25) is 0 Å². The van der Waals surface area contributed by atoms with Crippen molar-refractivity contribution in [1.82, 2.24) is 5.32 Å². The van der Waals surface area contributed by atoms with Gasteiger partial charge in [0, 0.05) is 18.2 Å². The Kier molecular flexibility index (Phi) is 7.41. The maximum atomic E-state index is 5.51. The van der Waals surface area contributed by atoms with Gasteiger partial charge >= 0.3 is 0 Å². The molecule has 0 fully saturated rings. The van der Waals surface area contributed by atoms with Crippen molar-refractivity contribution in [2.75, 3.05) is 34.5 Å². The van der Waals surface area contributed by atoms with Crippen molar-refractivity contribution in [3.05, 3.63) is 47.5 Å². The highest BCUT2D eigenvalue weighted by atomic mass is 16.5. The van der Waals surface area contributed by atoms with E-state index in [1.54, 1.807) is 21.3 Å². The van der Waals surface area contributed by atoms with Gasteiger partial charge in [-0.05, 0) is 43.7 Å². The van der Waals surface area contributed by atoms with Crippen molar-refractivity contribution in [2.45, 2.75) is 19.9 Å². The van der Waals surface area contributed by atoms with Crippen LogP contribution in [0.2, 0.25) is 0 Å². The molecule has 0 amide bonds. The number of nitrogens with one attached hydrogen (secondary N) is 1. The first-order valence-corrected chi connectivity index (χ1v) is 8.43. The van der Waals surface area contributed by atoms with E-state index in [2.05, 4.69) is 11.4 Å². The van der Waals surface area contributed by atoms with E-state index in [0.29, 0.717) is 6.61 Å². The molecule has 2 aromatic carbocycles. The lowest BCUT2D eigenvalue weighted by Gasteiger charge is -2.12. The number of benzene rings is 2. The monoisotopic (exact) mass is 345 g/mol.